The molecule has 0 aliphatic carbocycles. The van der Waals surface area contributed by atoms with Crippen molar-refractivity contribution in [3.05, 3.63) is 0 Å². The summed E-state index contributed by atoms with van der Waals surface area (Å²) in [5, 5.41) is 23.1. The topological polar surface area (TPSA) is 162 Å². The Labute approximate surface area is 251 Å². The molecule has 1 atom stereocenters. The maximum atomic E-state index is 12.6. The molecule has 1 aliphatic rings. The minimum absolute atomic E-state index is 0.117. The van der Waals surface area contributed by atoms with Gasteiger partial charge in [0, 0.05) is 45.5 Å². The smallest absolute Gasteiger partial charge is 0.326 e. The number of nitrogens with zero attached hydrogens (tertiary/aromatic N) is 1. The lowest BCUT2D eigenvalue weighted by Crippen LogP contribution is -2.49. The lowest BCUT2D eigenvalue weighted by molar-refractivity contribution is -0.144. The number of hydrogen-bond donors (Lipinski definition) is 4. The number of likely N-dealkylation sites (tertiary alicyclic amines) is 1. The van der Waals surface area contributed by atoms with E-state index >= 15 is 0 Å². The van der Waals surface area contributed by atoms with Gasteiger partial charge in [0.15, 0.2) is 0 Å². The van der Waals surface area contributed by atoms with Gasteiger partial charge >= 0.3 is 11.9 Å². The maximum absolute atomic E-state index is 12.6. The van der Waals surface area contributed by atoms with E-state index in [9.17, 15) is 29.1 Å². The van der Waals surface area contributed by atoms with Gasteiger partial charge in [0.2, 0.25) is 17.7 Å². The number of carbonyl (C=O) groups is 5. The van der Waals surface area contributed by atoms with Crippen molar-refractivity contribution in [2.24, 2.45) is 5.92 Å². The number of hydrogen-bond acceptors (Lipinski definition) is 6. The molecule has 242 valence electrons. The Morgan fingerprint density at radius 2 is 1.24 bits per heavy atom. The molecule has 0 aromatic carbocycles. The number of rotatable bonds is 25. The summed E-state index contributed by atoms with van der Waals surface area (Å²) in [4.78, 5) is 61.0. The third-order valence-electron chi connectivity index (χ3n) is 7.88. The number of nitrogens with one attached hydrogen (secondary N) is 2. The normalized spacial score (nSPS) is 14.4. The van der Waals surface area contributed by atoms with Crippen molar-refractivity contribution in [1.29, 1.82) is 0 Å². The highest BCUT2D eigenvalue weighted by Crippen LogP contribution is 2.20. The lowest BCUT2D eigenvalue weighted by Gasteiger charge is -2.32. The average molecular weight is 598 g/mol. The van der Waals surface area contributed by atoms with Crippen molar-refractivity contribution in [3.63, 3.8) is 0 Å². The maximum Gasteiger partial charge on any atom is 0.326 e. The Kier molecular flexibility index (Phi) is 21.2. The SMILES string of the molecule is COCCNC(=O)CC(NC(=O)C1CCN(C(=O)CCCCCCCCCCCCCCCCC(=O)O)CC1)C(=O)O. The minimum Gasteiger partial charge on any atom is -0.481 e. The van der Waals surface area contributed by atoms with Gasteiger partial charge in [-0.25, -0.2) is 4.79 Å². The van der Waals surface area contributed by atoms with Crippen molar-refractivity contribution in [2.75, 3.05) is 33.4 Å². The Balaban J connectivity index is 2.06. The third-order valence-corrected chi connectivity index (χ3v) is 7.88. The van der Waals surface area contributed by atoms with E-state index in [2.05, 4.69) is 10.6 Å². The van der Waals surface area contributed by atoms with Gasteiger partial charge in [0.1, 0.15) is 6.04 Å². The highest BCUT2D eigenvalue weighted by atomic mass is 16.5. The van der Waals surface area contributed by atoms with Gasteiger partial charge in [-0.3, -0.25) is 19.2 Å². The van der Waals surface area contributed by atoms with Gasteiger partial charge in [0.05, 0.1) is 13.0 Å². The molecule has 3 amide bonds. The minimum atomic E-state index is -1.29. The van der Waals surface area contributed by atoms with Crippen LogP contribution in [0.1, 0.15) is 122 Å². The van der Waals surface area contributed by atoms with E-state index < -0.39 is 23.9 Å². The zero-order chi connectivity index (χ0) is 31.0. The molecule has 1 saturated heterocycles. The van der Waals surface area contributed by atoms with Gasteiger partial charge in [-0.15, -0.1) is 0 Å². The van der Waals surface area contributed by atoms with Crippen LogP contribution in [-0.4, -0.2) is 84.2 Å². The van der Waals surface area contributed by atoms with Crippen molar-refractivity contribution in [3.8, 4) is 0 Å². The fraction of sp³-hybridized carbons (Fsp3) is 0.839. The van der Waals surface area contributed by atoms with E-state index in [1.807, 2.05) is 0 Å². The van der Waals surface area contributed by atoms with Crippen molar-refractivity contribution >= 4 is 29.7 Å². The zero-order valence-corrected chi connectivity index (χ0v) is 25.7. The molecular formula is C31H55N3O8. The Bertz CT molecular complexity index is 799. The largest absolute Gasteiger partial charge is 0.481 e. The summed E-state index contributed by atoms with van der Waals surface area (Å²) < 4.78 is 4.85. The van der Waals surface area contributed by atoms with Gasteiger partial charge in [0.25, 0.3) is 0 Å². The molecule has 4 N–H and O–H groups in total. The van der Waals surface area contributed by atoms with E-state index in [4.69, 9.17) is 9.84 Å². The number of ether oxygens (including phenoxy) is 1. The summed E-state index contributed by atoms with van der Waals surface area (Å²) in [5.41, 5.74) is 0. The second-order valence-corrected chi connectivity index (χ2v) is 11.4. The molecule has 1 unspecified atom stereocenters. The first-order chi connectivity index (χ1) is 20.2. The van der Waals surface area contributed by atoms with Gasteiger partial charge < -0.3 is 30.5 Å². The van der Waals surface area contributed by atoms with Crippen LogP contribution in [0, 0.1) is 5.92 Å². The average Bonchev–Trinajstić information content (AvgIpc) is 2.96. The molecule has 0 saturated carbocycles. The fourth-order valence-corrected chi connectivity index (χ4v) is 5.26. The van der Waals surface area contributed by atoms with Gasteiger partial charge in [-0.05, 0) is 25.7 Å². The molecule has 1 fully saturated rings. The highest BCUT2D eigenvalue weighted by molar-refractivity contribution is 5.89. The molecule has 11 nitrogen and oxygen atoms in total. The first-order valence-corrected chi connectivity index (χ1v) is 16.0. The molecule has 11 heteroatoms. The monoisotopic (exact) mass is 597 g/mol. The molecule has 0 aromatic rings. The summed E-state index contributed by atoms with van der Waals surface area (Å²) in [5.74, 6) is -3.06. The zero-order valence-electron chi connectivity index (χ0n) is 25.7. The van der Waals surface area contributed by atoms with Gasteiger partial charge in [-0.1, -0.05) is 77.0 Å². The molecule has 1 rings (SSSR count). The summed E-state index contributed by atoms with van der Waals surface area (Å²) in [6.45, 7) is 1.55. The molecule has 1 aliphatic heterocycles. The number of carboxylic acids is 2. The number of unbranched alkanes of at least 4 members (excludes halogenated alkanes) is 13. The molecule has 0 bridgehead atoms. The number of aliphatic carboxylic acids is 2. The number of carboxylic acid groups (broad SMARTS) is 2. The van der Waals surface area contributed by atoms with E-state index in [0.717, 1.165) is 38.5 Å². The molecule has 0 spiro atoms. The summed E-state index contributed by atoms with van der Waals surface area (Å²) in [6, 6.07) is -1.29. The van der Waals surface area contributed by atoms with E-state index in [0.29, 0.717) is 39.0 Å². The second-order valence-electron chi connectivity index (χ2n) is 11.4. The predicted molar refractivity (Wildman–Crippen MR) is 160 cm³/mol. The number of piperidine rings is 1. The van der Waals surface area contributed by atoms with Crippen molar-refractivity contribution < 1.29 is 38.9 Å². The van der Waals surface area contributed by atoms with E-state index in [-0.39, 0.29) is 37.1 Å². The van der Waals surface area contributed by atoms with Crippen LogP contribution in [0.15, 0.2) is 0 Å². The number of amides is 3. The van der Waals surface area contributed by atoms with Crippen LogP contribution in [0.4, 0.5) is 0 Å². The van der Waals surface area contributed by atoms with Crippen LogP contribution >= 0.6 is 0 Å². The standard InChI is InChI=1S/C31H55N3O8/c1-42-23-20-32-27(35)24-26(31(40)41)33-30(39)25-18-21-34(22-19-25)28(36)16-14-12-10-8-6-4-2-3-5-7-9-11-13-15-17-29(37)38/h25-26H,2-24H2,1H3,(H,32,35)(H,33,39)(H,37,38)(H,40,41). The number of methoxy groups -OCH3 is 1. The Morgan fingerprint density at radius 1 is 0.762 bits per heavy atom. The molecular weight excluding hydrogens is 542 g/mol. The number of carbonyl (C=O) groups excluding carboxylic acids is 3. The lowest BCUT2D eigenvalue weighted by atomic mass is 9.95. The quantitative estimate of drug-likeness (QED) is 0.113. The van der Waals surface area contributed by atoms with E-state index in [1.165, 1.54) is 58.5 Å². The van der Waals surface area contributed by atoms with Crippen molar-refractivity contribution in [1.82, 2.24) is 15.5 Å². The van der Waals surface area contributed by atoms with Crippen molar-refractivity contribution in [2.45, 2.75) is 128 Å². The Hall–Kier alpha value is -2.69. The fourth-order valence-electron chi connectivity index (χ4n) is 5.26. The van der Waals surface area contributed by atoms with Gasteiger partial charge in [-0.2, -0.15) is 0 Å². The van der Waals surface area contributed by atoms with Crippen LogP contribution < -0.4 is 10.6 Å². The molecule has 42 heavy (non-hydrogen) atoms. The first-order valence-electron chi connectivity index (χ1n) is 16.0. The van der Waals surface area contributed by atoms with Crippen LogP contribution in [-0.2, 0) is 28.7 Å². The summed E-state index contributed by atoms with van der Waals surface area (Å²) in [7, 11) is 1.50. The van der Waals surface area contributed by atoms with Crippen LogP contribution in [0.2, 0.25) is 0 Å². The highest BCUT2D eigenvalue weighted by Gasteiger charge is 2.30. The summed E-state index contributed by atoms with van der Waals surface area (Å²) >= 11 is 0. The van der Waals surface area contributed by atoms with E-state index in [1.54, 1.807) is 4.90 Å². The molecule has 1 heterocycles. The van der Waals surface area contributed by atoms with Crippen LogP contribution in [0.3, 0.4) is 0 Å². The van der Waals surface area contributed by atoms with Crippen LogP contribution in [0.25, 0.3) is 0 Å². The summed E-state index contributed by atoms with van der Waals surface area (Å²) in [6.07, 6.45) is 17.4. The Morgan fingerprint density at radius 3 is 1.69 bits per heavy atom. The predicted octanol–water partition coefficient (Wildman–Crippen LogP) is 4.27. The van der Waals surface area contributed by atoms with Crippen LogP contribution in [0.5, 0.6) is 0 Å². The first kappa shape index (κ1) is 37.3. The second kappa shape index (κ2) is 23.8. The molecule has 0 radical (unpaired) electrons. The molecule has 0 aromatic heterocycles. The third kappa shape index (κ3) is 18.7.